The summed E-state index contributed by atoms with van der Waals surface area (Å²) in [6.45, 7) is 0.526. The summed E-state index contributed by atoms with van der Waals surface area (Å²) in [6.07, 6.45) is 0.724. The zero-order chi connectivity index (χ0) is 9.68. The minimum absolute atomic E-state index is 0.110. The molecule has 0 saturated heterocycles. The van der Waals surface area contributed by atoms with E-state index in [1.165, 1.54) is 12.1 Å². The smallest absolute Gasteiger partial charge is 0.269 e. The number of rotatable bonds is 4. The predicted molar refractivity (Wildman–Crippen MR) is 48.1 cm³/mol. The molecule has 0 unspecified atom stereocenters. The highest BCUT2D eigenvalue weighted by molar-refractivity contribution is 5.32. The van der Waals surface area contributed by atoms with Crippen LogP contribution in [0.4, 0.5) is 5.69 Å². The van der Waals surface area contributed by atoms with Gasteiger partial charge in [-0.2, -0.15) is 0 Å². The Bertz CT molecular complexity index is 281. The van der Waals surface area contributed by atoms with Crippen LogP contribution in [0, 0.1) is 17.2 Å². The van der Waals surface area contributed by atoms with Gasteiger partial charge in [-0.15, -0.1) is 0 Å². The van der Waals surface area contributed by atoms with Crippen LogP contribution in [-0.2, 0) is 11.2 Å². The quantitative estimate of drug-likeness (QED) is 0.525. The van der Waals surface area contributed by atoms with Gasteiger partial charge < -0.3 is 4.74 Å². The van der Waals surface area contributed by atoms with Gasteiger partial charge >= 0.3 is 0 Å². The highest BCUT2D eigenvalue weighted by Gasteiger charge is 2.02. The minimum Gasteiger partial charge on any atom is -0.379 e. The first-order valence-corrected chi connectivity index (χ1v) is 3.84. The van der Waals surface area contributed by atoms with Crippen molar-refractivity contribution in [3.8, 4) is 0 Å². The molecule has 0 spiro atoms. The molecule has 1 aromatic carbocycles. The molecule has 1 rings (SSSR count). The normalized spacial score (nSPS) is 9.92. The lowest BCUT2D eigenvalue weighted by atomic mass is 10.1. The van der Waals surface area contributed by atoms with Crippen LogP contribution in [0.1, 0.15) is 5.56 Å². The second kappa shape index (κ2) is 4.57. The van der Waals surface area contributed by atoms with Crippen molar-refractivity contribution in [3.63, 3.8) is 0 Å². The number of hydrogen-bond acceptors (Lipinski definition) is 3. The van der Waals surface area contributed by atoms with E-state index in [-0.39, 0.29) is 5.69 Å². The van der Waals surface area contributed by atoms with Crippen molar-refractivity contribution < 1.29 is 9.66 Å². The molecule has 0 aliphatic rings. The van der Waals surface area contributed by atoms with Gasteiger partial charge in [0, 0.05) is 12.1 Å². The van der Waals surface area contributed by atoms with E-state index in [1.54, 1.807) is 12.1 Å². The third-order valence-electron chi connectivity index (χ3n) is 1.68. The van der Waals surface area contributed by atoms with Gasteiger partial charge in [0.15, 0.2) is 0 Å². The average Bonchev–Trinajstić information content (AvgIpc) is 2.15. The van der Waals surface area contributed by atoms with Crippen LogP contribution in [0.5, 0.6) is 0 Å². The number of nitro groups is 1. The third kappa shape index (κ3) is 2.83. The maximum absolute atomic E-state index is 10.3. The molecule has 0 bridgehead atoms. The fourth-order valence-corrected chi connectivity index (χ4v) is 0.974. The molecule has 0 aliphatic heterocycles. The maximum Gasteiger partial charge on any atom is 0.269 e. The second-order valence-corrected chi connectivity index (χ2v) is 2.58. The van der Waals surface area contributed by atoms with Gasteiger partial charge in [0.25, 0.3) is 5.69 Å². The summed E-state index contributed by atoms with van der Waals surface area (Å²) in [5.41, 5.74) is 1.12. The number of ether oxygens (including phenoxy) is 1. The predicted octanol–water partition coefficient (Wildman–Crippen LogP) is 1.95. The second-order valence-electron chi connectivity index (χ2n) is 2.58. The first-order valence-electron chi connectivity index (χ1n) is 3.84. The summed E-state index contributed by atoms with van der Waals surface area (Å²) in [7, 11) is 3.24. The largest absolute Gasteiger partial charge is 0.379 e. The molecule has 69 valence electrons. The number of hydrogen-bond donors (Lipinski definition) is 0. The van der Waals surface area contributed by atoms with E-state index in [0.29, 0.717) is 6.61 Å². The molecule has 0 fully saturated rings. The summed E-state index contributed by atoms with van der Waals surface area (Å²) in [5, 5.41) is 10.3. The van der Waals surface area contributed by atoms with E-state index in [9.17, 15) is 10.1 Å². The molecular formula is C9H10NO3. The van der Waals surface area contributed by atoms with Crippen molar-refractivity contribution in [1.29, 1.82) is 0 Å². The first kappa shape index (κ1) is 9.67. The molecule has 0 atom stereocenters. The van der Waals surface area contributed by atoms with Gasteiger partial charge in [0.2, 0.25) is 0 Å². The summed E-state index contributed by atoms with van der Waals surface area (Å²) < 4.78 is 4.64. The molecule has 1 aromatic rings. The third-order valence-corrected chi connectivity index (χ3v) is 1.68. The standard InChI is InChI=1S/C9H10NO3/c1-13-7-6-8-2-4-9(5-3-8)10(11)12/h2-5H,1,6-7H2. The summed E-state index contributed by atoms with van der Waals surface area (Å²) >= 11 is 0. The van der Waals surface area contributed by atoms with Gasteiger partial charge in [-0.3, -0.25) is 10.1 Å². The van der Waals surface area contributed by atoms with E-state index in [4.69, 9.17) is 0 Å². The zero-order valence-electron chi connectivity index (χ0n) is 7.10. The molecule has 1 radical (unpaired) electrons. The molecule has 0 heterocycles. The average molecular weight is 180 g/mol. The van der Waals surface area contributed by atoms with E-state index >= 15 is 0 Å². The van der Waals surface area contributed by atoms with Gasteiger partial charge in [-0.25, -0.2) is 0 Å². The number of nitro benzene ring substituents is 1. The summed E-state index contributed by atoms with van der Waals surface area (Å²) in [5.74, 6) is 0. The SMILES string of the molecule is [CH2]OCCc1ccc([N+](=O)[O-])cc1. The number of nitrogens with zero attached hydrogens (tertiary/aromatic N) is 1. The first-order chi connectivity index (χ1) is 6.24. The van der Waals surface area contributed by atoms with Crippen LogP contribution in [0.15, 0.2) is 24.3 Å². The van der Waals surface area contributed by atoms with Crippen molar-refractivity contribution in [3.05, 3.63) is 47.1 Å². The van der Waals surface area contributed by atoms with Gasteiger partial charge in [0.1, 0.15) is 0 Å². The molecule has 13 heavy (non-hydrogen) atoms. The minimum atomic E-state index is -0.415. The Morgan fingerprint density at radius 2 is 2.00 bits per heavy atom. The molecule has 0 N–H and O–H groups in total. The lowest BCUT2D eigenvalue weighted by Gasteiger charge is -1.98. The van der Waals surface area contributed by atoms with E-state index < -0.39 is 4.92 Å². The fraction of sp³-hybridized carbons (Fsp3) is 0.222. The zero-order valence-corrected chi connectivity index (χ0v) is 7.10. The Morgan fingerprint density at radius 1 is 1.38 bits per heavy atom. The Hall–Kier alpha value is -1.42. The van der Waals surface area contributed by atoms with Crippen LogP contribution in [0.3, 0.4) is 0 Å². The summed E-state index contributed by atoms with van der Waals surface area (Å²) in [4.78, 5) is 9.88. The van der Waals surface area contributed by atoms with E-state index in [0.717, 1.165) is 12.0 Å². The van der Waals surface area contributed by atoms with Crippen LogP contribution < -0.4 is 0 Å². The van der Waals surface area contributed by atoms with Crippen molar-refractivity contribution in [2.45, 2.75) is 6.42 Å². The lowest BCUT2D eigenvalue weighted by Crippen LogP contribution is -1.93. The Kier molecular flexibility index (Phi) is 3.40. The monoisotopic (exact) mass is 180 g/mol. The van der Waals surface area contributed by atoms with Crippen molar-refractivity contribution in [2.24, 2.45) is 0 Å². The molecule has 0 saturated carbocycles. The highest BCUT2D eigenvalue weighted by atomic mass is 16.6. The Balaban J connectivity index is 2.64. The van der Waals surface area contributed by atoms with Gasteiger partial charge in [0.05, 0.1) is 18.6 Å². The van der Waals surface area contributed by atoms with Crippen LogP contribution in [0.25, 0.3) is 0 Å². The van der Waals surface area contributed by atoms with Crippen molar-refractivity contribution in [2.75, 3.05) is 6.61 Å². The van der Waals surface area contributed by atoms with E-state index in [2.05, 4.69) is 11.8 Å². The van der Waals surface area contributed by atoms with Crippen LogP contribution >= 0.6 is 0 Å². The number of non-ortho nitro benzene ring substituents is 1. The molecule has 0 aromatic heterocycles. The fourth-order valence-electron chi connectivity index (χ4n) is 0.974. The maximum atomic E-state index is 10.3. The number of benzene rings is 1. The van der Waals surface area contributed by atoms with Crippen LogP contribution in [0.2, 0.25) is 0 Å². The van der Waals surface area contributed by atoms with Gasteiger partial charge in [-0.05, 0) is 12.0 Å². The van der Waals surface area contributed by atoms with Crippen LogP contribution in [-0.4, -0.2) is 11.5 Å². The van der Waals surface area contributed by atoms with Crippen molar-refractivity contribution in [1.82, 2.24) is 0 Å². The van der Waals surface area contributed by atoms with E-state index in [1.807, 2.05) is 0 Å². The molecule has 0 amide bonds. The summed E-state index contributed by atoms with van der Waals surface area (Å²) in [6, 6.07) is 6.41. The Morgan fingerprint density at radius 3 is 2.46 bits per heavy atom. The highest BCUT2D eigenvalue weighted by Crippen LogP contribution is 2.11. The molecule has 4 heteroatoms. The van der Waals surface area contributed by atoms with Gasteiger partial charge in [-0.1, -0.05) is 12.1 Å². The van der Waals surface area contributed by atoms with Crippen molar-refractivity contribution >= 4 is 5.69 Å². The molecular weight excluding hydrogens is 170 g/mol. The topological polar surface area (TPSA) is 52.4 Å². The Labute approximate surface area is 76.3 Å². The molecule has 4 nitrogen and oxygen atoms in total. The lowest BCUT2D eigenvalue weighted by molar-refractivity contribution is -0.384. The molecule has 0 aliphatic carbocycles.